The molecule has 0 aromatic heterocycles. The molecule has 1 heterocycles. The number of hydrogen-bond acceptors (Lipinski definition) is 4. The lowest BCUT2D eigenvalue weighted by atomic mass is 10.1. The van der Waals surface area contributed by atoms with Gasteiger partial charge in [0, 0.05) is 19.6 Å². The molecule has 6 nitrogen and oxygen atoms in total. The van der Waals surface area contributed by atoms with Gasteiger partial charge in [-0.1, -0.05) is 11.6 Å². The summed E-state index contributed by atoms with van der Waals surface area (Å²) < 4.78 is 33.3. The van der Waals surface area contributed by atoms with E-state index in [9.17, 15) is 23.5 Å². The van der Waals surface area contributed by atoms with E-state index in [-0.39, 0.29) is 28.2 Å². The second-order valence-electron chi connectivity index (χ2n) is 7.11. The van der Waals surface area contributed by atoms with Gasteiger partial charge in [-0.05, 0) is 49.4 Å². The average molecular weight is 517 g/mol. The Morgan fingerprint density at radius 3 is 2.52 bits per heavy atom. The molecule has 1 aromatic carbocycles. The summed E-state index contributed by atoms with van der Waals surface area (Å²) in [5.74, 6) is -3.29. The molecular weight excluding hydrogens is 497 g/mol. The maximum Gasteiger partial charge on any atom is 0.410 e. The fraction of sp³-hybridized carbons (Fsp3) is 0.529. The van der Waals surface area contributed by atoms with E-state index in [0.29, 0.717) is 0 Å². The smallest absolute Gasteiger partial charge is 0.410 e. The Balaban J connectivity index is 2.21. The van der Waals surface area contributed by atoms with Crippen LogP contribution in [0.1, 0.15) is 31.1 Å². The van der Waals surface area contributed by atoms with Crippen LogP contribution in [0.5, 0.6) is 0 Å². The molecule has 0 aliphatic carbocycles. The minimum absolute atomic E-state index is 0.0132. The second-order valence-corrected chi connectivity index (χ2v) is 8.60. The Hall–Kier alpha value is -1.20. The van der Waals surface area contributed by atoms with Crippen molar-refractivity contribution in [2.24, 2.45) is 0 Å². The normalized spacial score (nSPS) is 17.9. The standard InChI is InChI=1S/C17H20ClF2IN2O4/c1-17(2,3)27-16(26)22-4-5-23(9(7-22)8-24)15(25)10-6-11(18)14(21)13(20)12(10)19/h6,9,24H,4-5,7-8H2,1-3H3/t9-/m1/s1. The minimum atomic E-state index is -1.29. The summed E-state index contributed by atoms with van der Waals surface area (Å²) in [6.45, 7) is 4.92. The maximum atomic E-state index is 14.2. The number of benzene rings is 1. The number of ether oxygens (including phenoxy) is 1. The molecule has 0 saturated carbocycles. The molecule has 0 unspecified atom stereocenters. The molecular formula is C17H20ClF2IN2O4. The molecule has 0 radical (unpaired) electrons. The van der Waals surface area contributed by atoms with Gasteiger partial charge in [0.1, 0.15) is 5.60 Å². The van der Waals surface area contributed by atoms with E-state index in [1.54, 1.807) is 43.4 Å². The van der Waals surface area contributed by atoms with Crippen LogP contribution in [-0.2, 0) is 4.74 Å². The molecule has 1 aliphatic rings. The SMILES string of the molecule is CC(C)(C)OC(=O)N1CCN(C(=O)c2cc(Cl)c(I)c(F)c2F)[C@@H](CO)C1. The molecule has 1 aromatic rings. The molecule has 1 atom stereocenters. The highest BCUT2D eigenvalue weighted by atomic mass is 127. The van der Waals surface area contributed by atoms with E-state index < -0.39 is 47.4 Å². The van der Waals surface area contributed by atoms with Crippen molar-refractivity contribution in [3.05, 3.63) is 31.9 Å². The molecule has 1 saturated heterocycles. The Morgan fingerprint density at radius 1 is 1.33 bits per heavy atom. The van der Waals surface area contributed by atoms with Crippen LogP contribution in [0.2, 0.25) is 5.02 Å². The monoisotopic (exact) mass is 516 g/mol. The van der Waals surface area contributed by atoms with E-state index in [4.69, 9.17) is 16.3 Å². The lowest BCUT2D eigenvalue weighted by molar-refractivity contribution is -0.00256. The van der Waals surface area contributed by atoms with Crippen molar-refractivity contribution in [2.75, 3.05) is 26.2 Å². The largest absolute Gasteiger partial charge is 0.444 e. The van der Waals surface area contributed by atoms with E-state index >= 15 is 0 Å². The zero-order valence-corrected chi connectivity index (χ0v) is 18.0. The van der Waals surface area contributed by atoms with Crippen LogP contribution < -0.4 is 0 Å². The number of amides is 2. The summed E-state index contributed by atoms with van der Waals surface area (Å²) in [5, 5.41) is 9.57. The van der Waals surface area contributed by atoms with Crippen LogP contribution in [0, 0.1) is 15.2 Å². The molecule has 1 aliphatic heterocycles. The highest BCUT2D eigenvalue weighted by Crippen LogP contribution is 2.28. The maximum absolute atomic E-state index is 14.2. The van der Waals surface area contributed by atoms with E-state index in [1.807, 2.05) is 0 Å². The van der Waals surface area contributed by atoms with Crippen molar-refractivity contribution in [3.63, 3.8) is 0 Å². The van der Waals surface area contributed by atoms with E-state index in [0.717, 1.165) is 6.07 Å². The molecule has 10 heteroatoms. The fourth-order valence-electron chi connectivity index (χ4n) is 2.65. The third-order valence-electron chi connectivity index (χ3n) is 3.94. The van der Waals surface area contributed by atoms with Crippen molar-refractivity contribution in [2.45, 2.75) is 32.4 Å². The first kappa shape index (κ1) is 22.1. The second kappa shape index (κ2) is 8.44. The first-order valence-corrected chi connectivity index (χ1v) is 9.64. The van der Waals surface area contributed by atoms with Crippen LogP contribution >= 0.6 is 34.2 Å². The summed E-state index contributed by atoms with van der Waals surface area (Å²) in [6, 6.07) is 0.290. The molecule has 150 valence electrons. The summed E-state index contributed by atoms with van der Waals surface area (Å²) in [4.78, 5) is 27.5. The third-order valence-corrected chi connectivity index (χ3v) is 5.61. The number of aliphatic hydroxyl groups is 1. The topological polar surface area (TPSA) is 70.1 Å². The van der Waals surface area contributed by atoms with Gasteiger partial charge in [0.2, 0.25) is 0 Å². The van der Waals surface area contributed by atoms with Crippen LogP contribution in [0.15, 0.2) is 6.07 Å². The Bertz CT molecular complexity index is 757. The number of piperazine rings is 1. The Kier molecular flexibility index (Phi) is 6.91. The van der Waals surface area contributed by atoms with E-state index in [2.05, 4.69) is 0 Å². The number of halogens is 4. The average Bonchev–Trinajstić information content (AvgIpc) is 2.60. The molecule has 1 fully saturated rings. The molecule has 0 spiro atoms. The van der Waals surface area contributed by atoms with Gasteiger partial charge in [0.15, 0.2) is 11.6 Å². The molecule has 2 rings (SSSR count). The summed E-state index contributed by atoms with van der Waals surface area (Å²) in [6.07, 6.45) is -0.567. The van der Waals surface area contributed by atoms with Gasteiger partial charge in [-0.3, -0.25) is 4.79 Å². The number of aliphatic hydroxyl groups excluding tert-OH is 1. The number of carbonyl (C=O) groups is 2. The van der Waals surface area contributed by atoms with Crippen LogP contribution in [0.3, 0.4) is 0 Å². The van der Waals surface area contributed by atoms with Gasteiger partial charge in [0.25, 0.3) is 5.91 Å². The van der Waals surface area contributed by atoms with Crippen molar-refractivity contribution < 1.29 is 28.2 Å². The molecule has 2 amide bonds. The molecule has 1 N–H and O–H groups in total. The molecule has 27 heavy (non-hydrogen) atoms. The summed E-state index contributed by atoms with van der Waals surface area (Å²) >= 11 is 7.42. The van der Waals surface area contributed by atoms with E-state index in [1.165, 1.54) is 9.80 Å². The zero-order chi connectivity index (χ0) is 20.5. The quantitative estimate of drug-likeness (QED) is 0.372. The number of rotatable bonds is 2. The van der Waals surface area contributed by atoms with Gasteiger partial charge < -0.3 is 19.6 Å². The predicted molar refractivity (Wildman–Crippen MR) is 104 cm³/mol. The van der Waals surface area contributed by atoms with Gasteiger partial charge in [-0.25, -0.2) is 13.6 Å². The van der Waals surface area contributed by atoms with Gasteiger partial charge in [-0.15, -0.1) is 0 Å². The van der Waals surface area contributed by atoms with Crippen molar-refractivity contribution in [3.8, 4) is 0 Å². The zero-order valence-electron chi connectivity index (χ0n) is 15.1. The lowest BCUT2D eigenvalue weighted by Gasteiger charge is -2.41. The van der Waals surface area contributed by atoms with Gasteiger partial charge in [0.05, 0.1) is 26.8 Å². The predicted octanol–water partition coefficient (Wildman–Crippen LogP) is 3.28. The fourth-order valence-corrected chi connectivity index (χ4v) is 3.24. The minimum Gasteiger partial charge on any atom is -0.444 e. The first-order valence-electron chi connectivity index (χ1n) is 8.19. The summed E-state index contributed by atoms with van der Waals surface area (Å²) in [7, 11) is 0. The van der Waals surface area contributed by atoms with Crippen molar-refractivity contribution >= 4 is 46.2 Å². The van der Waals surface area contributed by atoms with Crippen molar-refractivity contribution in [1.29, 1.82) is 0 Å². The van der Waals surface area contributed by atoms with Crippen LogP contribution in [0.25, 0.3) is 0 Å². The van der Waals surface area contributed by atoms with Gasteiger partial charge >= 0.3 is 6.09 Å². The first-order chi connectivity index (χ1) is 12.5. The number of nitrogens with zero attached hydrogens (tertiary/aromatic N) is 2. The number of carbonyl (C=O) groups excluding carboxylic acids is 2. The van der Waals surface area contributed by atoms with Crippen molar-refractivity contribution in [1.82, 2.24) is 9.80 Å². The third kappa shape index (κ3) is 5.00. The Morgan fingerprint density at radius 2 is 1.96 bits per heavy atom. The number of hydrogen-bond donors (Lipinski definition) is 1. The highest BCUT2D eigenvalue weighted by molar-refractivity contribution is 14.1. The van der Waals surface area contributed by atoms with Crippen LogP contribution in [0.4, 0.5) is 13.6 Å². The van der Waals surface area contributed by atoms with Crippen LogP contribution in [-0.4, -0.2) is 64.8 Å². The Labute approximate surface area is 174 Å². The van der Waals surface area contributed by atoms with Gasteiger partial charge in [-0.2, -0.15) is 0 Å². The highest BCUT2D eigenvalue weighted by Gasteiger charge is 2.36. The lowest BCUT2D eigenvalue weighted by Crippen LogP contribution is -2.58. The summed E-state index contributed by atoms with van der Waals surface area (Å²) in [5.41, 5.74) is -1.20. The molecule has 0 bridgehead atoms.